The van der Waals surface area contributed by atoms with E-state index in [1.165, 1.54) is 0 Å². The van der Waals surface area contributed by atoms with Crippen molar-refractivity contribution in [1.82, 2.24) is 9.44 Å². The zero-order valence-corrected chi connectivity index (χ0v) is 12.4. The van der Waals surface area contributed by atoms with Gasteiger partial charge in [-0.3, -0.25) is 4.79 Å². The van der Waals surface area contributed by atoms with Crippen LogP contribution in [0.3, 0.4) is 0 Å². The lowest BCUT2D eigenvalue weighted by atomic mass is 10.00. The number of hydrogen-bond acceptors (Lipinski definition) is 3. The van der Waals surface area contributed by atoms with Gasteiger partial charge in [0.2, 0.25) is 0 Å². The van der Waals surface area contributed by atoms with Gasteiger partial charge in [0, 0.05) is 13.1 Å². The summed E-state index contributed by atoms with van der Waals surface area (Å²) in [4.78, 5) is 11.2. The highest BCUT2D eigenvalue weighted by Gasteiger charge is 2.22. The van der Waals surface area contributed by atoms with E-state index in [2.05, 4.69) is 9.44 Å². The lowest BCUT2D eigenvalue weighted by Gasteiger charge is -2.15. The summed E-state index contributed by atoms with van der Waals surface area (Å²) in [5.41, 5.74) is 0.562. The minimum atomic E-state index is -3.68. The molecule has 0 saturated carbocycles. The molecule has 6 nitrogen and oxygen atoms in total. The van der Waals surface area contributed by atoms with Gasteiger partial charge in [-0.2, -0.15) is 8.42 Å². The first-order valence-electron chi connectivity index (χ1n) is 6.34. The number of rotatable bonds is 8. The Labute approximate surface area is 119 Å². The Bertz CT molecular complexity index is 529. The second-order valence-corrected chi connectivity index (χ2v) is 6.48. The van der Waals surface area contributed by atoms with Crippen LogP contribution in [-0.2, 0) is 15.0 Å². The summed E-state index contributed by atoms with van der Waals surface area (Å²) >= 11 is 0. The van der Waals surface area contributed by atoms with Gasteiger partial charge in [-0.1, -0.05) is 44.2 Å². The number of aliphatic carboxylic acids is 1. The monoisotopic (exact) mass is 300 g/mol. The Morgan fingerprint density at radius 3 is 2.20 bits per heavy atom. The molecule has 0 fully saturated rings. The predicted octanol–water partition coefficient (Wildman–Crippen LogP) is 0.935. The van der Waals surface area contributed by atoms with Crippen LogP contribution in [0.4, 0.5) is 0 Å². The van der Waals surface area contributed by atoms with Gasteiger partial charge in [0.25, 0.3) is 10.2 Å². The van der Waals surface area contributed by atoms with Crippen LogP contribution in [0.2, 0.25) is 0 Å². The lowest BCUT2D eigenvalue weighted by Crippen LogP contribution is -2.41. The molecule has 0 amide bonds. The third kappa shape index (κ3) is 5.68. The van der Waals surface area contributed by atoms with Crippen molar-refractivity contribution in [2.75, 3.05) is 13.1 Å². The van der Waals surface area contributed by atoms with Crippen molar-refractivity contribution in [1.29, 1.82) is 0 Å². The fourth-order valence-corrected chi connectivity index (χ4v) is 2.59. The first-order chi connectivity index (χ1) is 9.32. The molecular formula is C13H20N2O4S. The molecule has 0 bridgehead atoms. The zero-order valence-electron chi connectivity index (χ0n) is 11.5. The standard InChI is InChI=1S/C13H20N2O4S/c1-10(2)8-14-20(18,19)15-9-12(13(16)17)11-6-4-3-5-7-11/h3-7,10,12,14-15H,8-9H2,1-2H3,(H,16,17). The molecule has 1 rings (SSSR count). The summed E-state index contributed by atoms with van der Waals surface area (Å²) in [6.07, 6.45) is 0. The van der Waals surface area contributed by atoms with Crippen molar-refractivity contribution in [3.8, 4) is 0 Å². The van der Waals surface area contributed by atoms with Crippen LogP contribution >= 0.6 is 0 Å². The fourth-order valence-electron chi connectivity index (χ4n) is 1.55. The van der Waals surface area contributed by atoms with E-state index in [0.717, 1.165) is 0 Å². The maximum atomic E-state index is 11.7. The van der Waals surface area contributed by atoms with Gasteiger partial charge >= 0.3 is 5.97 Å². The largest absolute Gasteiger partial charge is 0.481 e. The Kier molecular flexibility index (Phi) is 6.12. The van der Waals surface area contributed by atoms with E-state index < -0.39 is 22.1 Å². The van der Waals surface area contributed by atoms with Crippen molar-refractivity contribution in [2.24, 2.45) is 5.92 Å². The molecule has 3 N–H and O–H groups in total. The van der Waals surface area contributed by atoms with E-state index in [1.54, 1.807) is 30.3 Å². The summed E-state index contributed by atoms with van der Waals surface area (Å²) in [6.45, 7) is 3.88. The number of carboxylic acid groups (broad SMARTS) is 1. The molecule has 0 spiro atoms. The van der Waals surface area contributed by atoms with Gasteiger partial charge in [-0.05, 0) is 11.5 Å². The Balaban J connectivity index is 2.67. The van der Waals surface area contributed by atoms with E-state index in [0.29, 0.717) is 12.1 Å². The molecule has 0 aliphatic heterocycles. The smallest absolute Gasteiger partial charge is 0.312 e. The van der Waals surface area contributed by atoms with Gasteiger partial charge in [0.05, 0.1) is 5.92 Å². The minimum absolute atomic E-state index is 0.177. The molecule has 7 heteroatoms. The molecule has 1 aromatic carbocycles. The number of hydrogen-bond donors (Lipinski definition) is 3. The maximum Gasteiger partial charge on any atom is 0.312 e. The number of benzene rings is 1. The van der Waals surface area contributed by atoms with Gasteiger partial charge in [-0.25, -0.2) is 9.44 Å². The molecule has 0 saturated heterocycles. The second kappa shape index (κ2) is 7.37. The molecule has 1 unspecified atom stereocenters. The second-order valence-electron chi connectivity index (χ2n) is 4.90. The quantitative estimate of drug-likeness (QED) is 0.665. The van der Waals surface area contributed by atoms with Gasteiger partial charge in [-0.15, -0.1) is 0 Å². The summed E-state index contributed by atoms with van der Waals surface area (Å²) in [5.74, 6) is -1.80. The molecule has 0 radical (unpaired) electrons. The van der Waals surface area contributed by atoms with Crippen LogP contribution in [-0.4, -0.2) is 32.6 Å². The third-order valence-corrected chi connectivity index (χ3v) is 3.75. The molecule has 0 heterocycles. The molecule has 1 atom stereocenters. The van der Waals surface area contributed by atoms with Crippen molar-refractivity contribution >= 4 is 16.2 Å². The van der Waals surface area contributed by atoms with E-state index in [4.69, 9.17) is 0 Å². The summed E-state index contributed by atoms with van der Waals surface area (Å²) < 4.78 is 28.0. The van der Waals surface area contributed by atoms with Crippen LogP contribution in [0.25, 0.3) is 0 Å². The molecule has 0 aliphatic carbocycles. The summed E-state index contributed by atoms with van der Waals surface area (Å²) in [5, 5.41) is 9.19. The Morgan fingerprint density at radius 1 is 1.15 bits per heavy atom. The van der Waals surface area contributed by atoms with Crippen LogP contribution in [0.15, 0.2) is 30.3 Å². The highest BCUT2D eigenvalue weighted by Crippen LogP contribution is 2.14. The minimum Gasteiger partial charge on any atom is -0.481 e. The summed E-state index contributed by atoms with van der Waals surface area (Å²) in [6, 6.07) is 8.54. The van der Waals surface area contributed by atoms with Crippen LogP contribution < -0.4 is 9.44 Å². The van der Waals surface area contributed by atoms with Crippen molar-refractivity contribution < 1.29 is 18.3 Å². The van der Waals surface area contributed by atoms with Crippen molar-refractivity contribution in [3.63, 3.8) is 0 Å². The van der Waals surface area contributed by atoms with Crippen LogP contribution in [0.1, 0.15) is 25.3 Å². The predicted molar refractivity (Wildman–Crippen MR) is 76.6 cm³/mol. The molecule has 0 aliphatic rings. The zero-order chi connectivity index (χ0) is 15.2. The van der Waals surface area contributed by atoms with E-state index in [9.17, 15) is 18.3 Å². The number of nitrogens with one attached hydrogen (secondary N) is 2. The highest BCUT2D eigenvalue weighted by atomic mass is 32.2. The van der Waals surface area contributed by atoms with E-state index in [-0.39, 0.29) is 12.5 Å². The van der Waals surface area contributed by atoms with Gasteiger partial charge in [0.1, 0.15) is 0 Å². The molecule has 20 heavy (non-hydrogen) atoms. The number of carbonyl (C=O) groups is 1. The fraction of sp³-hybridized carbons (Fsp3) is 0.462. The number of carboxylic acids is 1. The van der Waals surface area contributed by atoms with Crippen molar-refractivity contribution in [3.05, 3.63) is 35.9 Å². The lowest BCUT2D eigenvalue weighted by molar-refractivity contribution is -0.138. The topological polar surface area (TPSA) is 95.5 Å². The van der Waals surface area contributed by atoms with Crippen LogP contribution in [0.5, 0.6) is 0 Å². The Hall–Kier alpha value is -1.44. The maximum absolute atomic E-state index is 11.7. The SMILES string of the molecule is CC(C)CNS(=O)(=O)NCC(C(=O)O)c1ccccc1. The summed E-state index contributed by atoms with van der Waals surface area (Å²) in [7, 11) is -3.68. The molecular weight excluding hydrogens is 280 g/mol. The average molecular weight is 300 g/mol. The first-order valence-corrected chi connectivity index (χ1v) is 7.82. The third-order valence-electron chi connectivity index (χ3n) is 2.66. The normalized spacial score (nSPS) is 13.3. The van der Waals surface area contributed by atoms with Gasteiger partial charge in [0.15, 0.2) is 0 Å². The molecule has 0 aromatic heterocycles. The van der Waals surface area contributed by atoms with Crippen LogP contribution in [0, 0.1) is 5.92 Å². The Morgan fingerprint density at radius 2 is 1.70 bits per heavy atom. The highest BCUT2D eigenvalue weighted by molar-refractivity contribution is 7.87. The van der Waals surface area contributed by atoms with Gasteiger partial charge < -0.3 is 5.11 Å². The van der Waals surface area contributed by atoms with E-state index >= 15 is 0 Å². The molecule has 112 valence electrons. The van der Waals surface area contributed by atoms with E-state index in [1.807, 2.05) is 13.8 Å². The van der Waals surface area contributed by atoms with Crippen molar-refractivity contribution in [2.45, 2.75) is 19.8 Å². The first kappa shape index (κ1) is 16.6. The average Bonchev–Trinajstić information content (AvgIpc) is 2.37. The molecule has 1 aromatic rings.